The molecule has 0 radical (unpaired) electrons. The number of aromatic nitrogens is 2. The van der Waals surface area contributed by atoms with Crippen molar-refractivity contribution < 1.29 is 4.74 Å². The molecule has 19 heavy (non-hydrogen) atoms. The lowest BCUT2D eigenvalue weighted by Crippen LogP contribution is -2.04. The topological polar surface area (TPSA) is 59.1 Å². The molecule has 2 N–H and O–H groups in total. The molecule has 5 heteroatoms. The molecule has 5 nitrogen and oxygen atoms in total. The van der Waals surface area contributed by atoms with Crippen LogP contribution in [0, 0.1) is 0 Å². The lowest BCUT2D eigenvalue weighted by Gasteiger charge is -2.08. The van der Waals surface area contributed by atoms with E-state index in [1.807, 2.05) is 30.3 Å². The van der Waals surface area contributed by atoms with Gasteiger partial charge in [0.25, 0.3) is 0 Å². The Bertz CT molecular complexity index is 513. The van der Waals surface area contributed by atoms with E-state index in [1.165, 1.54) is 0 Å². The third kappa shape index (κ3) is 3.84. The fraction of sp³-hybridized carbons (Fsp3) is 0.286. The molecule has 2 rings (SSSR count). The van der Waals surface area contributed by atoms with Crippen LogP contribution < -0.4 is 15.4 Å². The highest BCUT2D eigenvalue weighted by Gasteiger charge is 2.00. The van der Waals surface area contributed by atoms with Gasteiger partial charge in [0.1, 0.15) is 11.6 Å². The van der Waals surface area contributed by atoms with Crippen molar-refractivity contribution in [2.75, 3.05) is 24.3 Å². The van der Waals surface area contributed by atoms with Crippen molar-refractivity contribution in [2.24, 2.45) is 0 Å². The molecule has 100 valence electrons. The number of hydrogen-bond acceptors (Lipinski definition) is 5. The van der Waals surface area contributed by atoms with Crippen molar-refractivity contribution in [3.8, 4) is 5.75 Å². The Labute approximate surface area is 113 Å². The van der Waals surface area contributed by atoms with E-state index in [1.54, 1.807) is 13.3 Å². The van der Waals surface area contributed by atoms with Crippen LogP contribution in [0.2, 0.25) is 0 Å². The molecule has 0 unspecified atom stereocenters. The van der Waals surface area contributed by atoms with Crippen LogP contribution in [-0.2, 0) is 0 Å². The number of anilines is 3. The second-order valence-electron chi connectivity index (χ2n) is 4.05. The predicted molar refractivity (Wildman–Crippen MR) is 77.1 cm³/mol. The Morgan fingerprint density at radius 2 is 1.95 bits per heavy atom. The highest BCUT2D eigenvalue weighted by Crippen LogP contribution is 2.18. The van der Waals surface area contributed by atoms with Gasteiger partial charge in [-0.1, -0.05) is 6.92 Å². The molecule has 0 amide bonds. The zero-order chi connectivity index (χ0) is 13.5. The first-order chi connectivity index (χ1) is 9.31. The summed E-state index contributed by atoms with van der Waals surface area (Å²) in [4.78, 5) is 8.58. The molecule has 0 bridgehead atoms. The van der Waals surface area contributed by atoms with Crippen LogP contribution in [0.4, 0.5) is 17.5 Å². The maximum absolute atomic E-state index is 5.11. The fourth-order valence-corrected chi connectivity index (χ4v) is 1.57. The SMILES string of the molecule is CCCNc1ccnc(Nc2ccc(OC)cc2)n1. The van der Waals surface area contributed by atoms with Crippen LogP contribution in [0.1, 0.15) is 13.3 Å². The molecule has 2 aromatic rings. The first kappa shape index (κ1) is 13.1. The third-order valence-corrected chi connectivity index (χ3v) is 2.56. The monoisotopic (exact) mass is 258 g/mol. The molecular weight excluding hydrogens is 240 g/mol. The standard InChI is InChI=1S/C14H18N4O/c1-3-9-15-13-8-10-16-14(18-13)17-11-4-6-12(19-2)7-5-11/h4-8,10H,3,9H2,1-2H3,(H2,15,16,17,18). The van der Waals surface area contributed by atoms with Crippen LogP contribution in [0.5, 0.6) is 5.75 Å². The van der Waals surface area contributed by atoms with Crippen molar-refractivity contribution in [1.29, 1.82) is 0 Å². The van der Waals surface area contributed by atoms with Gasteiger partial charge in [0.05, 0.1) is 7.11 Å². The summed E-state index contributed by atoms with van der Waals surface area (Å²) in [7, 11) is 1.65. The normalized spacial score (nSPS) is 10.0. The molecule has 1 aromatic heterocycles. The molecule has 0 aliphatic heterocycles. The average molecular weight is 258 g/mol. The molecule has 0 atom stereocenters. The van der Waals surface area contributed by atoms with Gasteiger partial charge in [-0.3, -0.25) is 0 Å². The second-order valence-corrected chi connectivity index (χ2v) is 4.05. The number of nitrogens with one attached hydrogen (secondary N) is 2. The zero-order valence-corrected chi connectivity index (χ0v) is 11.2. The van der Waals surface area contributed by atoms with Crippen molar-refractivity contribution in [3.63, 3.8) is 0 Å². The van der Waals surface area contributed by atoms with Crippen molar-refractivity contribution in [3.05, 3.63) is 36.5 Å². The van der Waals surface area contributed by atoms with Gasteiger partial charge >= 0.3 is 0 Å². The Morgan fingerprint density at radius 1 is 1.16 bits per heavy atom. The van der Waals surface area contributed by atoms with E-state index >= 15 is 0 Å². The Balaban J connectivity index is 2.05. The Morgan fingerprint density at radius 3 is 2.63 bits per heavy atom. The quantitative estimate of drug-likeness (QED) is 0.834. The maximum atomic E-state index is 5.11. The highest BCUT2D eigenvalue weighted by molar-refractivity contribution is 5.55. The van der Waals surface area contributed by atoms with Crippen LogP contribution in [-0.4, -0.2) is 23.6 Å². The van der Waals surface area contributed by atoms with E-state index in [9.17, 15) is 0 Å². The van der Waals surface area contributed by atoms with Gasteiger partial charge in [0.15, 0.2) is 0 Å². The molecule has 0 saturated heterocycles. The Kier molecular flexibility index (Phi) is 4.55. The van der Waals surface area contributed by atoms with E-state index in [4.69, 9.17) is 4.74 Å². The lowest BCUT2D eigenvalue weighted by molar-refractivity contribution is 0.415. The first-order valence-electron chi connectivity index (χ1n) is 6.30. The van der Waals surface area contributed by atoms with Crippen molar-refractivity contribution >= 4 is 17.5 Å². The van der Waals surface area contributed by atoms with Gasteiger partial charge in [-0.05, 0) is 36.8 Å². The Hall–Kier alpha value is -2.30. The molecule has 1 aromatic carbocycles. The molecule has 0 fully saturated rings. The van der Waals surface area contributed by atoms with Gasteiger partial charge < -0.3 is 15.4 Å². The number of nitrogens with zero attached hydrogens (tertiary/aromatic N) is 2. The predicted octanol–water partition coefficient (Wildman–Crippen LogP) is 3.05. The number of hydrogen-bond donors (Lipinski definition) is 2. The molecule has 0 spiro atoms. The van der Waals surface area contributed by atoms with Crippen LogP contribution in [0.15, 0.2) is 36.5 Å². The largest absolute Gasteiger partial charge is 0.497 e. The van der Waals surface area contributed by atoms with Crippen molar-refractivity contribution in [2.45, 2.75) is 13.3 Å². The summed E-state index contributed by atoms with van der Waals surface area (Å²) in [5, 5.41) is 6.38. The minimum atomic E-state index is 0.575. The molecule has 0 saturated carbocycles. The fourth-order valence-electron chi connectivity index (χ4n) is 1.57. The molecular formula is C14H18N4O. The molecule has 0 aliphatic carbocycles. The van der Waals surface area contributed by atoms with E-state index in [2.05, 4.69) is 27.5 Å². The van der Waals surface area contributed by atoms with Gasteiger partial charge in [0, 0.05) is 18.4 Å². The summed E-state index contributed by atoms with van der Waals surface area (Å²) in [6, 6.07) is 9.49. The van der Waals surface area contributed by atoms with Gasteiger partial charge in [0.2, 0.25) is 5.95 Å². The minimum Gasteiger partial charge on any atom is -0.497 e. The maximum Gasteiger partial charge on any atom is 0.229 e. The second kappa shape index (κ2) is 6.58. The number of benzene rings is 1. The number of rotatable bonds is 6. The average Bonchev–Trinajstić information content (AvgIpc) is 2.46. The minimum absolute atomic E-state index is 0.575. The highest BCUT2D eigenvalue weighted by atomic mass is 16.5. The van der Waals surface area contributed by atoms with E-state index < -0.39 is 0 Å². The lowest BCUT2D eigenvalue weighted by atomic mass is 10.3. The summed E-state index contributed by atoms with van der Waals surface area (Å²) in [6.07, 6.45) is 2.79. The van der Waals surface area contributed by atoms with E-state index in [-0.39, 0.29) is 0 Å². The van der Waals surface area contributed by atoms with Gasteiger partial charge in [-0.2, -0.15) is 4.98 Å². The summed E-state index contributed by atoms with van der Waals surface area (Å²) in [6.45, 7) is 3.02. The van der Waals surface area contributed by atoms with Gasteiger partial charge in [-0.25, -0.2) is 4.98 Å². The summed E-state index contributed by atoms with van der Waals surface area (Å²) < 4.78 is 5.11. The van der Waals surface area contributed by atoms with Crippen LogP contribution in [0.3, 0.4) is 0 Å². The van der Waals surface area contributed by atoms with Crippen LogP contribution >= 0.6 is 0 Å². The van der Waals surface area contributed by atoms with E-state index in [0.717, 1.165) is 30.2 Å². The number of methoxy groups -OCH3 is 1. The summed E-state index contributed by atoms with van der Waals surface area (Å²) in [5.74, 6) is 2.23. The molecule has 0 aliphatic rings. The first-order valence-corrected chi connectivity index (χ1v) is 6.30. The zero-order valence-electron chi connectivity index (χ0n) is 11.2. The summed E-state index contributed by atoms with van der Waals surface area (Å²) in [5.41, 5.74) is 0.924. The molecule has 1 heterocycles. The smallest absolute Gasteiger partial charge is 0.229 e. The van der Waals surface area contributed by atoms with Crippen molar-refractivity contribution in [1.82, 2.24) is 9.97 Å². The van der Waals surface area contributed by atoms with Gasteiger partial charge in [-0.15, -0.1) is 0 Å². The summed E-state index contributed by atoms with van der Waals surface area (Å²) >= 11 is 0. The third-order valence-electron chi connectivity index (χ3n) is 2.56. The van der Waals surface area contributed by atoms with E-state index in [0.29, 0.717) is 5.95 Å². The number of ether oxygens (including phenoxy) is 1. The van der Waals surface area contributed by atoms with Crippen LogP contribution in [0.25, 0.3) is 0 Å².